The monoisotopic (exact) mass is 472 g/mol. The molecule has 0 unspecified atom stereocenters. The first-order chi connectivity index (χ1) is 17.1. The molecule has 0 radical (unpaired) electrons. The molecule has 8 heteroatoms. The van der Waals surface area contributed by atoms with Crippen LogP contribution in [0.4, 0.5) is 5.69 Å². The second kappa shape index (κ2) is 11.2. The van der Waals surface area contributed by atoms with E-state index >= 15 is 0 Å². The van der Waals surface area contributed by atoms with E-state index in [1.54, 1.807) is 37.2 Å². The van der Waals surface area contributed by atoms with Crippen LogP contribution < -0.4 is 19.5 Å². The molecule has 1 amide bonds. The quantitative estimate of drug-likeness (QED) is 0.312. The lowest BCUT2D eigenvalue weighted by Gasteiger charge is -2.11. The Hall–Kier alpha value is -4.33. The van der Waals surface area contributed by atoms with Gasteiger partial charge in [0, 0.05) is 16.8 Å². The molecule has 0 spiro atoms. The number of hydrogen-bond donors (Lipinski definition) is 1. The number of amides is 1. The lowest BCUT2D eigenvalue weighted by Crippen LogP contribution is -2.12. The summed E-state index contributed by atoms with van der Waals surface area (Å²) in [4.78, 5) is 12.6. The number of methoxy groups -OCH3 is 2. The van der Waals surface area contributed by atoms with Crippen molar-refractivity contribution in [3.05, 3.63) is 78.5 Å². The molecular weight excluding hydrogens is 444 g/mol. The first-order valence-electron chi connectivity index (χ1n) is 11.4. The molecule has 0 saturated heterocycles. The molecule has 1 heterocycles. The van der Waals surface area contributed by atoms with E-state index < -0.39 is 0 Å². The van der Waals surface area contributed by atoms with Crippen LogP contribution in [-0.2, 0) is 0 Å². The fourth-order valence-corrected chi connectivity index (χ4v) is 3.54. The average Bonchev–Trinajstić information content (AvgIpc) is 3.39. The lowest BCUT2D eigenvalue weighted by atomic mass is 10.1. The molecule has 0 aliphatic carbocycles. The van der Waals surface area contributed by atoms with Crippen LogP contribution in [0.25, 0.3) is 16.9 Å². The standard InChI is InChI=1S/C27H28N4O4/c1-4-5-16-35-23-13-6-19(7-14-23)27(32)29-21-9-11-22(12-10-21)31-24(18-28-30-31)20-8-15-25(33-2)26(17-20)34-3/h6-15,17-18H,4-5,16H2,1-3H3,(H,29,32). The SMILES string of the molecule is CCCCOc1ccc(C(=O)Nc2ccc(-n3nncc3-c3ccc(OC)c(OC)c3)cc2)cc1. The van der Waals surface area contributed by atoms with E-state index in [9.17, 15) is 4.79 Å². The van der Waals surface area contributed by atoms with Gasteiger partial charge in [0.25, 0.3) is 5.91 Å². The Labute approximate surface area is 204 Å². The summed E-state index contributed by atoms with van der Waals surface area (Å²) in [5, 5.41) is 11.2. The van der Waals surface area contributed by atoms with E-state index in [2.05, 4.69) is 22.6 Å². The van der Waals surface area contributed by atoms with Gasteiger partial charge >= 0.3 is 0 Å². The predicted octanol–water partition coefficient (Wildman–Crippen LogP) is 5.38. The van der Waals surface area contributed by atoms with Gasteiger partial charge in [-0.3, -0.25) is 4.79 Å². The van der Waals surface area contributed by atoms with Crippen molar-refractivity contribution in [2.45, 2.75) is 19.8 Å². The number of rotatable bonds is 10. The Morgan fingerprint density at radius 2 is 1.69 bits per heavy atom. The number of unbranched alkanes of at least 4 members (excludes halogenated alkanes) is 1. The van der Waals surface area contributed by atoms with Crippen LogP contribution in [0.5, 0.6) is 17.2 Å². The number of hydrogen-bond acceptors (Lipinski definition) is 6. The van der Waals surface area contributed by atoms with Crippen LogP contribution in [-0.4, -0.2) is 41.7 Å². The molecule has 4 aromatic rings. The molecule has 1 N–H and O–H groups in total. The van der Waals surface area contributed by atoms with Crippen LogP contribution in [0.1, 0.15) is 30.1 Å². The third-order valence-electron chi connectivity index (χ3n) is 5.48. The van der Waals surface area contributed by atoms with Crippen LogP contribution in [0.15, 0.2) is 72.9 Å². The summed E-state index contributed by atoms with van der Waals surface area (Å²) >= 11 is 0. The number of carbonyl (C=O) groups excluding carboxylic acids is 1. The zero-order valence-corrected chi connectivity index (χ0v) is 20.0. The van der Waals surface area contributed by atoms with Gasteiger partial charge in [0.15, 0.2) is 11.5 Å². The smallest absolute Gasteiger partial charge is 0.255 e. The summed E-state index contributed by atoms with van der Waals surface area (Å²) < 4.78 is 18.1. The third-order valence-corrected chi connectivity index (χ3v) is 5.48. The molecule has 0 bridgehead atoms. The molecule has 0 saturated carbocycles. The number of carbonyl (C=O) groups is 1. The second-order valence-corrected chi connectivity index (χ2v) is 7.83. The maximum absolute atomic E-state index is 12.6. The molecule has 0 fully saturated rings. The van der Waals surface area contributed by atoms with Crippen LogP contribution in [0, 0.1) is 0 Å². The zero-order valence-electron chi connectivity index (χ0n) is 20.0. The average molecular weight is 473 g/mol. The third kappa shape index (κ3) is 5.60. The molecule has 3 aromatic carbocycles. The molecular formula is C27H28N4O4. The molecule has 0 atom stereocenters. The van der Waals surface area contributed by atoms with Crippen molar-refractivity contribution in [2.75, 3.05) is 26.1 Å². The highest BCUT2D eigenvalue weighted by atomic mass is 16.5. The van der Waals surface area contributed by atoms with Gasteiger partial charge in [-0.25, -0.2) is 4.68 Å². The number of ether oxygens (including phenoxy) is 3. The Morgan fingerprint density at radius 1 is 0.943 bits per heavy atom. The Kier molecular flexibility index (Phi) is 7.62. The van der Waals surface area contributed by atoms with Crippen molar-refractivity contribution in [1.29, 1.82) is 0 Å². The minimum absolute atomic E-state index is 0.190. The number of benzene rings is 3. The van der Waals surface area contributed by atoms with E-state index in [-0.39, 0.29) is 5.91 Å². The fourth-order valence-electron chi connectivity index (χ4n) is 3.54. The van der Waals surface area contributed by atoms with Crippen LogP contribution in [0.2, 0.25) is 0 Å². The second-order valence-electron chi connectivity index (χ2n) is 7.83. The molecule has 180 valence electrons. The number of aromatic nitrogens is 3. The highest BCUT2D eigenvalue weighted by molar-refractivity contribution is 6.04. The topological polar surface area (TPSA) is 87.5 Å². The number of anilines is 1. The van der Waals surface area contributed by atoms with E-state index in [0.29, 0.717) is 29.4 Å². The highest BCUT2D eigenvalue weighted by Gasteiger charge is 2.13. The summed E-state index contributed by atoms with van der Waals surface area (Å²) in [6.45, 7) is 2.79. The van der Waals surface area contributed by atoms with Crippen molar-refractivity contribution in [3.63, 3.8) is 0 Å². The minimum Gasteiger partial charge on any atom is -0.494 e. The molecule has 1 aromatic heterocycles. The summed E-state index contributed by atoms with van der Waals surface area (Å²) in [5.41, 5.74) is 3.72. The van der Waals surface area contributed by atoms with Crippen molar-refractivity contribution in [3.8, 4) is 34.2 Å². The first kappa shape index (κ1) is 23.8. The van der Waals surface area contributed by atoms with E-state index in [0.717, 1.165) is 35.5 Å². The summed E-state index contributed by atoms with van der Waals surface area (Å²) in [6, 6.07) is 20.2. The van der Waals surface area contributed by atoms with Gasteiger partial charge in [-0.15, -0.1) is 5.10 Å². The zero-order chi connectivity index (χ0) is 24.6. The van der Waals surface area contributed by atoms with E-state index in [1.807, 2.05) is 54.6 Å². The first-order valence-corrected chi connectivity index (χ1v) is 11.4. The van der Waals surface area contributed by atoms with Gasteiger partial charge in [-0.1, -0.05) is 18.6 Å². The lowest BCUT2D eigenvalue weighted by molar-refractivity contribution is 0.102. The van der Waals surface area contributed by atoms with Crippen molar-refractivity contribution < 1.29 is 19.0 Å². The van der Waals surface area contributed by atoms with Gasteiger partial charge in [-0.2, -0.15) is 0 Å². The highest BCUT2D eigenvalue weighted by Crippen LogP contribution is 2.32. The maximum atomic E-state index is 12.6. The number of nitrogens with one attached hydrogen (secondary N) is 1. The van der Waals surface area contributed by atoms with E-state index in [4.69, 9.17) is 14.2 Å². The van der Waals surface area contributed by atoms with E-state index in [1.165, 1.54) is 0 Å². The molecule has 0 aliphatic heterocycles. The van der Waals surface area contributed by atoms with Crippen LogP contribution in [0.3, 0.4) is 0 Å². The predicted molar refractivity (Wildman–Crippen MR) is 135 cm³/mol. The normalized spacial score (nSPS) is 10.6. The maximum Gasteiger partial charge on any atom is 0.255 e. The fraction of sp³-hybridized carbons (Fsp3) is 0.222. The Morgan fingerprint density at radius 3 is 2.37 bits per heavy atom. The number of nitrogens with zero attached hydrogens (tertiary/aromatic N) is 3. The summed E-state index contributed by atoms with van der Waals surface area (Å²) in [5.74, 6) is 1.84. The van der Waals surface area contributed by atoms with Gasteiger partial charge in [-0.05, 0) is 73.2 Å². The Balaban J connectivity index is 1.46. The molecule has 0 aliphatic rings. The van der Waals surface area contributed by atoms with Gasteiger partial charge in [0.1, 0.15) is 5.75 Å². The minimum atomic E-state index is -0.190. The molecule has 4 rings (SSSR count). The summed E-state index contributed by atoms with van der Waals surface area (Å²) in [6.07, 6.45) is 3.77. The van der Waals surface area contributed by atoms with Gasteiger partial charge < -0.3 is 19.5 Å². The largest absolute Gasteiger partial charge is 0.494 e. The summed E-state index contributed by atoms with van der Waals surface area (Å²) in [7, 11) is 3.20. The molecule has 35 heavy (non-hydrogen) atoms. The van der Waals surface area contributed by atoms with Gasteiger partial charge in [0.2, 0.25) is 0 Å². The van der Waals surface area contributed by atoms with Crippen molar-refractivity contribution in [2.24, 2.45) is 0 Å². The van der Waals surface area contributed by atoms with Crippen LogP contribution >= 0.6 is 0 Å². The van der Waals surface area contributed by atoms with Crippen molar-refractivity contribution >= 4 is 11.6 Å². The molecule has 8 nitrogen and oxygen atoms in total. The van der Waals surface area contributed by atoms with Gasteiger partial charge in [0.05, 0.1) is 38.4 Å². The van der Waals surface area contributed by atoms with Crippen molar-refractivity contribution in [1.82, 2.24) is 15.0 Å². The Bertz CT molecular complexity index is 1270.